The summed E-state index contributed by atoms with van der Waals surface area (Å²) in [7, 11) is -4.05. The van der Waals surface area contributed by atoms with Crippen LogP contribution in [0.2, 0.25) is 0 Å². The third-order valence-corrected chi connectivity index (χ3v) is 9.54. The van der Waals surface area contributed by atoms with Crippen LogP contribution in [0.5, 0.6) is 0 Å². The van der Waals surface area contributed by atoms with Gasteiger partial charge in [-0.05, 0) is 46.7 Å². The van der Waals surface area contributed by atoms with E-state index in [1.165, 1.54) is 11.1 Å². The molecule has 2 atom stereocenters. The highest BCUT2D eigenvalue weighted by Gasteiger charge is 2.47. The summed E-state index contributed by atoms with van der Waals surface area (Å²) in [6.45, 7) is 7.95. The van der Waals surface area contributed by atoms with Gasteiger partial charge in [-0.1, -0.05) is 19.9 Å². The van der Waals surface area contributed by atoms with Gasteiger partial charge < -0.3 is 44.7 Å². The third-order valence-electron chi connectivity index (χ3n) is 7.68. The molecule has 0 spiro atoms. The monoisotopic (exact) mass is 747 g/mol. The Hall–Kier alpha value is -4.09. The first-order chi connectivity index (χ1) is 23.8. The second kappa shape index (κ2) is 17.9. The van der Waals surface area contributed by atoms with Gasteiger partial charge in [0.2, 0.25) is 19.4 Å². The maximum absolute atomic E-state index is 14.1. The normalized spacial score (nSPS) is 18.7. The van der Waals surface area contributed by atoms with Crippen LogP contribution in [0.3, 0.4) is 0 Å². The molecule has 284 valence electrons. The van der Waals surface area contributed by atoms with Gasteiger partial charge in [0, 0.05) is 42.4 Å². The maximum Gasteiger partial charge on any atom is 0.510 e. The standard InChI is InChI=1S/C32H44F2N3O13P/c1-18(2)49-30(42)45-16-47-51(44,48-17-46-31(43)50-19(3)4)11-7-10-35-24-15-37-14-22(26(38)27(39)25(37)28(40)32(24,5)6)29(41)36-13-20-8-9-21(33)12-23(20)34/h8-9,12,14,18-19,24,26,35,38,40H,7,10-11,13,15-17H2,1-6H3,(H,36,41). The number of Topliss-reactive ketones (excluding diaryl/α,β-unsaturated/α-hetero) is 1. The van der Waals surface area contributed by atoms with Gasteiger partial charge in [0.15, 0.2) is 6.10 Å². The summed E-state index contributed by atoms with van der Waals surface area (Å²) in [5, 5.41) is 27.5. The lowest BCUT2D eigenvalue weighted by molar-refractivity contribution is -0.128. The van der Waals surface area contributed by atoms with Crippen molar-refractivity contribution in [1.82, 2.24) is 15.5 Å². The number of amides is 1. The lowest BCUT2D eigenvalue weighted by atomic mass is 9.76. The zero-order valence-electron chi connectivity index (χ0n) is 29.1. The van der Waals surface area contributed by atoms with Crippen molar-refractivity contribution in [2.24, 2.45) is 5.41 Å². The Labute approximate surface area is 293 Å². The molecule has 51 heavy (non-hydrogen) atoms. The van der Waals surface area contributed by atoms with Gasteiger partial charge in [0.05, 0.1) is 23.9 Å². The largest absolute Gasteiger partial charge is 0.510 e. The highest BCUT2D eigenvalue weighted by Crippen LogP contribution is 2.49. The van der Waals surface area contributed by atoms with E-state index in [1.54, 1.807) is 41.5 Å². The second-order valence-corrected chi connectivity index (χ2v) is 14.8. The lowest BCUT2D eigenvalue weighted by Crippen LogP contribution is -2.57. The zero-order valence-corrected chi connectivity index (χ0v) is 30.0. The number of ketones is 1. The fourth-order valence-electron chi connectivity index (χ4n) is 4.93. The van der Waals surface area contributed by atoms with Crippen molar-refractivity contribution in [2.75, 3.05) is 32.8 Å². The van der Waals surface area contributed by atoms with Crippen LogP contribution < -0.4 is 10.6 Å². The average molecular weight is 748 g/mol. The van der Waals surface area contributed by atoms with Crippen molar-refractivity contribution in [3.63, 3.8) is 0 Å². The Balaban J connectivity index is 1.67. The molecule has 1 aromatic rings. The first kappa shape index (κ1) is 41.3. The number of ether oxygens (including phenoxy) is 4. The molecule has 1 amide bonds. The van der Waals surface area contributed by atoms with Crippen LogP contribution in [0.1, 0.15) is 53.5 Å². The molecule has 0 aliphatic carbocycles. The lowest BCUT2D eigenvalue weighted by Gasteiger charge is -2.45. The summed E-state index contributed by atoms with van der Waals surface area (Å²) in [4.78, 5) is 50.9. The van der Waals surface area contributed by atoms with Crippen LogP contribution in [-0.4, -0.2) is 96.3 Å². The van der Waals surface area contributed by atoms with Crippen molar-refractivity contribution in [3.05, 3.63) is 58.6 Å². The summed E-state index contributed by atoms with van der Waals surface area (Å²) in [5.74, 6) is -3.84. The quantitative estimate of drug-likeness (QED) is 0.0811. The molecule has 2 aliphatic heterocycles. The number of aliphatic hydroxyl groups excluding tert-OH is 2. The van der Waals surface area contributed by atoms with E-state index < -0.39 is 86.6 Å². The van der Waals surface area contributed by atoms with Crippen molar-refractivity contribution >= 4 is 31.6 Å². The Morgan fingerprint density at radius 1 is 1.04 bits per heavy atom. The maximum atomic E-state index is 14.1. The number of benzene rings is 1. The molecule has 0 aromatic heterocycles. The summed E-state index contributed by atoms with van der Waals surface area (Å²) in [5.41, 5.74) is -1.65. The number of nitrogens with zero attached hydrogens (tertiary/aromatic N) is 1. The predicted octanol–water partition coefficient (Wildman–Crippen LogP) is 4.13. The van der Waals surface area contributed by atoms with Crippen molar-refractivity contribution < 1.29 is 70.7 Å². The zero-order chi connectivity index (χ0) is 38.1. The van der Waals surface area contributed by atoms with Gasteiger partial charge in [0.1, 0.15) is 23.1 Å². The molecular formula is C32H44F2N3O13P. The SMILES string of the molecule is CC(C)OC(=O)OCOP(=O)(CCCNC1CN2C=C(C(=O)NCc3ccc(F)cc3F)C(O)C(=O)C2=C(O)C1(C)C)OCOC(=O)OC(C)C. The smallest absolute Gasteiger partial charge is 0.509 e. The Bertz CT molecular complexity index is 1530. The van der Waals surface area contributed by atoms with Gasteiger partial charge in [0.25, 0.3) is 5.91 Å². The number of carbonyl (C=O) groups excluding carboxylic acids is 4. The number of fused-ring (bicyclic) bond motifs is 1. The second-order valence-electron chi connectivity index (χ2n) is 12.7. The molecule has 1 aromatic carbocycles. The minimum absolute atomic E-state index is 0.0214. The van der Waals surface area contributed by atoms with Gasteiger partial charge >= 0.3 is 19.9 Å². The molecule has 16 nitrogen and oxygen atoms in total. The van der Waals surface area contributed by atoms with Gasteiger partial charge in [-0.15, -0.1) is 0 Å². The molecule has 2 aliphatic rings. The van der Waals surface area contributed by atoms with E-state index in [0.29, 0.717) is 6.07 Å². The van der Waals surface area contributed by atoms with E-state index in [-0.39, 0.29) is 54.8 Å². The van der Waals surface area contributed by atoms with Gasteiger partial charge in [-0.25, -0.2) is 18.4 Å². The molecule has 2 unspecified atom stereocenters. The number of rotatable bonds is 16. The summed E-state index contributed by atoms with van der Waals surface area (Å²) in [6.07, 6.45) is -3.93. The number of nitrogens with one attached hydrogen (secondary N) is 2. The molecule has 0 bridgehead atoms. The molecule has 0 saturated heterocycles. The van der Waals surface area contributed by atoms with Crippen LogP contribution in [0, 0.1) is 17.0 Å². The average Bonchev–Trinajstić information content (AvgIpc) is 3.02. The number of hydrogen-bond donors (Lipinski definition) is 4. The molecule has 2 heterocycles. The van der Waals surface area contributed by atoms with E-state index in [1.807, 2.05) is 0 Å². The highest BCUT2D eigenvalue weighted by molar-refractivity contribution is 7.53. The Kier molecular flexibility index (Phi) is 14.5. The summed E-state index contributed by atoms with van der Waals surface area (Å²) < 4.78 is 70.5. The Morgan fingerprint density at radius 3 is 2.18 bits per heavy atom. The molecule has 0 fully saturated rings. The van der Waals surface area contributed by atoms with E-state index in [2.05, 4.69) is 10.6 Å². The first-order valence-corrected chi connectivity index (χ1v) is 17.7. The van der Waals surface area contributed by atoms with Crippen LogP contribution in [0.25, 0.3) is 0 Å². The fourth-order valence-corrected chi connectivity index (χ4v) is 6.23. The Morgan fingerprint density at radius 2 is 1.63 bits per heavy atom. The van der Waals surface area contributed by atoms with E-state index >= 15 is 0 Å². The third kappa shape index (κ3) is 11.5. The van der Waals surface area contributed by atoms with Crippen LogP contribution in [0.15, 0.2) is 41.4 Å². The molecule has 0 radical (unpaired) electrons. The van der Waals surface area contributed by atoms with Crippen LogP contribution in [0.4, 0.5) is 18.4 Å². The van der Waals surface area contributed by atoms with Crippen LogP contribution >= 0.6 is 7.60 Å². The molecular weight excluding hydrogens is 703 g/mol. The minimum Gasteiger partial charge on any atom is -0.509 e. The highest BCUT2D eigenvalue weighted by atomic mass is 31.2. The van der Waals surface area contributed by atoms with Gasteiger partial charge in [-0.3, -0.25) is 23.2 Å². The van der Waals surface area contributed by atoms with Gasteiger partial charge in [-0.2, -0.15) is 0 Å². The number of halogens is 2. The first-order valence-electron chi connectivity index (χ1n) is 16.0. The topological polar surface area (TPSA) is 208 Å². The van der Waals surface area contributed by atoms with E-state index in [9.17, 15) is 42.7 Å². The molecule has 19 heteroatoms. The fraction of sp³-hybridized carbons (Fsp3) is 0.562. The number of aliphatic hydroxyl groups is 2. The minimum atomic E-state index is -4.05. The number of hydrogen-bond acceptors (Lipinski definition) is 15. The van der Waals surface area contributed by atoms with Crippen molar-refractivity contribution in [1.29, 1.82) is 0 Å². The van der Waals surface area contributed by atoms with Crippen molar-refractivity contribution in [3.8, 4) is 0 Å². The molecule has 3 rings (SSSR count). The van der Waals surface area contributed by atoms with Crippen LogP contribution in [-0.2, 0) is 48.7 Å². The molecule has 0 saturated carbocycles. The summed E-state index contributed by atoms with van der Waals surface area (Å²) >= 11 is 0. The van der Waals surface area contributed by atoms with E-state index in [0.717, 1.165) is 12.1 Å². The molecule has 4 N–H and O–H groups in total. The predicted molar refractivity (Wildman–Crippen MR) is 174 cm³/mol. The summed E-state index contributed by atoms with van der Waals surface area (Å²) in [6, 6.07) is 2.24. The van der Waals surface area contributed by atoms with Crippen molar-refractivity contribution in [2.45, 2.75) is 78.9 Å². The number of carbonyl (C=O) groups is 4. The van der Waals surface area contributed by atoms with E-state index in [4.69, 9.17) is 28.0 Å².